The molecule has 4 heteroatoms. The average molecular weight is 251 g/mol. The van der Waals surface area contributed by atoms with Gasteiger partial charge in [-0.15, -0.1) is 10.2 Å². The molecule has 0 aliphatic carbocycles. The number of para-hydroxylation sites is 1. The molecule has 19 heavy (non-hydrogen) atoms. The lowest BCUT2D eigenvalue weighted by molar-refractivity contribution is 0.416. The van der Waals surface area contributed by atoms with Crippen molar-refractivity contribution in [2.75, 3.05) is 7.11 Å². The van der Waals surface area contributed by atoms with E-state index >= 15 is 0 Å². The van der Waals surface area contributed by atoms with Crippen LogP contribution >= 0.6 is 0 Å². The third kappa shape index (κ3) is 2.20. The zero-order valence-electron chi connectivity index (χ0n) is 10.5. The molecular weight excluding hydrogens is 238 g/mol. The van der Waals surface area contributed by atoms with E-state index in [1.54, 1.807) is 19.8 Å². The Morgan fingerprint density at radius 3 is 2.26 bits per heavy atom. The van der Waals surface area contributed by atoms with E-state index in [4.69, 9.17) is 4.74 Å². The molecule has 0 aliphatic rings. The van der Waals surface area contributed by atoms with Crippen LogP contribution < -0.4 is 4.74 Å². The van der Waals surface area contributed by atoms with E-state index in [1.165, 1.54) is 0 Å². The lowest BCUT2D eigenvalue weighted by Gasteiger charge is -2.09. The van der Waals surface area contributed by atoms with Crippen molar-refractivity contribution >= 4 is 0 Å². The number of nitrogens with zero attached hydrogens (tertiary/aromatic N) is 3. The Kier molecular flexibility index (Phi) is 2.98. The first-order valence-electron chi connectivity index (χ1n) is 5.97. The Morgan fingerprint density at radius 1 is 0.895 bits per heavy atom. The molecule has 0 saturated heterocycles. The molecule has 0 saturated carbocycles. The van der Waals surface area contributed by atoms with Crippen molar-refractivity contribution in [2.24, 2.45) is 0 Å². The van der Waals surface area contributed by atoms with Crippen LogP contribution in [-0.2, 0) is 0 Å². The number of methoxy groups -OCH3 is 1. The highest BCUT2D eigenvalue weighted by atomic mass is 16.5. The van der Waals surface area contributed by atoms with Crippen LogP contribution in [0.2, 0.25) is 0 Å². The highest BCUT2D eigenvalue weighted by Gasteiger charge is 2.04. The van der Waals surface area contributed by atoms with Crippen molar-refractivity contribution in [3.05, 3.63) is 61.2 Å². The molecule has 1 aromatic heterocycles. The summed E-state index contributed by atoms with van der Waals surface area (Å²) in [5.74, 6) is 0.875. The number of ether oxygens (including phenoxy) is 1. The van der Waals surface area contributed by atoms with Crippen molar-refractivity contribution in [3.63, 3.8) is 0 Å². The van der Waals surface area contributed by atoms with E-state index in [9.17, 15) is 0 Å². The summed E-state index contributed by atoms with van der Waals surface area (Å²) in [6.45, 7) is 0. The van der Waals surface area contributed by atoms with E-state index < -0.39 is 0 Å². The standard InChI is InChI=1S/C15H13N3O/c1-19-15-5-3-2-4-14(15)12-6-8-13(9-7-12)18-10-16-17-11-18/h2-11H,1H3. The minimum absolute atomic E-state index is 0.875. The Bertz CT molecular complexity index is 660. The van der Waals surface area contributed by atoms with Gasteiger partial charge in [0.2, 0.25) is 0 Å². The van der Waals surface area contributed by atoms with Gasteiger partial charge in [-0.05, 0) is 23.8 Å². The van der Waals surface area contributed by atoms with Crippen LogP contribution in [-0.4, -0.2) is 21.9 Å². The second-order valence-corrected chi connectivity index (χ2v) is 4.12. The smallest absolute Gasteiger partial charge is 0.126 e. The molecule has 0 unspecified atom stereocenters. The molecule has 0 amide bonds. The Balaban J connectivity index is 1.99. The highest BCUT2D eigenvalue weighted by Crippen LogP contribution is 2.29. The van der Waals surface area contributed by atoms with Gasteiger partial charge in [-0.1, -0.05) is 30.3 Å². The number of hydrogen-bond acceptors (Lipinski definition) is 3. The molecular formula is C15H13N3O. The largest absolute Gasteiger partial charge is 0.496 e. The second-order valence-electron chi connectivity index (χ2n) is 4.12. The quantitative estimate of drug-likeness (QED) is 0.718. The Morgan fingerprint density at radius 2 is 1.58 bits per heavy atom. The van der Waals surface area contributed by atoms with Crippen molar-refractivity contribution < 1.29 is 4.74 Å². The number of benzene rings is 2. The lowest BCUT2D eigenvalue weighted by atomic mass is 10.0. The minimum atomic E-state index is 0.875. The predicted octanol–water partition coefficient (Wildman–Crippen LogP) is 2.94. The molecule has 1 heterocycles. The molecule has 0 radical (unpaired) electrons. The molecule has 0 N–H and O–H groups in total. The van der Waals surface area contributed by atoms with Crippen molar-refractivity contribution in [2.45, 2.75) is 0 Å². The maximum absolute atomic E-state index is 5.38. The minimum Gasteiger partial charge on any atom is -0.496 e. The molecule has 0 fully saturated rings. The topological polar surface area (TPSA) is 39.9 Å². The van der Waals surface area contributed by atoms with E-state index in [-0.39, 0.29) is 0 Å². The molecule has 0 bridgehead atoms. The average Bonchev–Trinajstić information content (AvgIpc) is 3.02. The normalized spacial score (nSPS) is 10.4. The van der Waals surface area contributed by atoms with Crippen LogP contribution in [0.5, 0.6) is 5.75 Å². The van der Waals surface area contributed by atoms with Gasteiger partial charge in [-0.3, -0.25) is 4.57 Å². The SMILES string of the molecule is COc1ccccc1-c1ccc(-n2cnnc2)cc1. The van der Waals surface area contributed by atoms with E-state index in [0.717, 1.165) is 22.6 Å². The van der Waals surface area contributed by atoms with Gasteiger partial charge in [-0.2, -0.15) is 0 Å². The van der Waals surface area contributed by atoms with E-state index in [1.807, 2.05) is 41.0 Å². The van der Waals surface area contributed by atoms with Gasteiger partial charge in [0.05, 0.1) is 7.11 Å². The first-order valence-corrected chi connectivity index (χ1v) is 5.97. The van der Waals surface area contributed by atoms with Gasteiger partial charge in [0, 0.05) is 11.3 Å². The fourth-order valence-electron chi connectivity index (χ4n) is 2.03. The highest BCUT2D eigenvalue weighted by molar-refractivity contribution is 5.71. The summed E-state index contributed by atoms with van der Waals surface area (Å²) in [7, 11) is 1.68. The van der Waals surface area contributed by atoms with Gasteiger partial charge in [0.25, 0.3) is 0 Å². The summed E-state index contributed by atoms with van der Waals surface area (Å²) in [5.41, 5.74) is 3.23. The number of hydrogen-bond donors (Lipinski definition) is 0. The first kappa shape index (κ1) is 11.5. The van der Waals surface area contributed by atoms with Gasteiger partial charge >= 0.3 is 0 Å². The molecule has 0 aliphatic heterocycles. The zero-order chi connectivity index (χ0) is 13.1. The van der Waals surface area contributed by atoms with Crippen LogP contribution in [0.25, 0.3) is 16.8 Å². The van der Waals surface area contributed by atoms with Crippen LogP contribution in [0.3, 0.4) is 0 Å². The van der Waals surface area contributed by atoms with Crippen molar-refractivity contribution in [1.29, 1.82) is 0 Å². The second kappa shape index (κ2) is 4.94. The Labute approximate surface area is 111 Å². The summed E-state index contributed by atoms with van der Waals surface area (Å²) in [6, 6.07) is 16.2. The number of rotatable bonds is 3. The van der Waals surface area contributed by atoms with Crippen LogP contribution in [0.15, 0.2) is 61.2 Å². The van der Waals surface area contributed by atoms with Crippen LogP contribution in [0.1, 0.15) is 0 Å². The maximum Gasteiger partial charge on any atom is 0.126 e. The summed E-state index contributed by atoms with van der Waals surface area (Å²) < 4.78 is 7.24. The van der Waals surface area contributed by atoms with E-state index in [2.05, 4.69) is 22.3 Å². The fourth-order valence-corrected chi connectivity index (χ4v) is 2.03. The van der Waals surface area contributed by atoms with Gasteiger partial charge < -0.3 is 4.74 Å². The molecule has 0 atom stereocenters. The van der Waals surface area contributed by atoms with E-state index in [0.29, 0.717) is 0 Å². The Hall–Kier alpha value is -2.62. The summed E-state index contributed by atoms with van der Waals surface area (Å²) in [5, 5.41) is 7.60. The van der Waals surface area contributed by atoms with Gasteiger partial charge in [-0.25, -0.2) is 0 Å². The molecule has 0 spiro atoms. The maximum atomic E-state index is 5.38. The summed E-state index contributed by atoms with van der Waals surface area (Å²) in [4.78, 5) is 0. The van der Waals surface area contributed by atoms with Crippen LogP contribution in [0, 0.1) is 0 Å². The van der Waals surface area contributed by atoms with Crippen molar-refractivity contribution in [1.82, 2.24) is 14.8 Å². The molecule has 2 aromatic carbocycles. The summed E-state index contributed by atoms with van der Waals surface area (Å²) >= 11 is 0. The first-order chi connectivity index (χ1) is 9.38. The van der Waals surface area contributed by atoms with Crippen LogP contribution in [0.4, 0.5) is 0 Å². The predicted molar refractivity (Wildman–Crippen MR) is 73.3 cm³/mol. The monoisotopic (exact) mass is 251 g/mol. The fraction of sp³-hybridized carbons (Fsp3) is 0.0667. The van der Waals surface area contributed by atoms with Crippen molar-refractivity contribution in [3.8, 4) is 22.6 Å². The third-order valence-electron chi connectivity index (χ3n) is 3.00. The zero-order valence-corrected chi connectivity index (χ0v) is 10.5. The van der Waals surface area contributed by atoms with Gasteiger partial charge in [0.1, 0.15) is 18.4 Å². The lowest BCUT2D eigenvalue weighted by Crippen LogP contribution is -1.91. The molecule has 94 valence electrons. The molecule has 3 rings (SSSR count). The molecule has 3 aromatic rings. The number of aromatic nitrogens is 3. The van der Waals surface area contributed by atoms with Gasteiger partial charge in [0.15, 0.2) is 0 Å². The third-order valence-corrected chi connectivity index (χ3v) is 3.00. The summed E-state index contributed by atoms with van der Waals surface area (Å²) in [6.07, 6.45) is 3.36. The molecule has 4 nitrogen and oxygen atoms in total.